The fourth-order valence-electron chi connectivity index (χ4n) is 3.46. The van der Waals surface area contributed by atoms with Crippen molar-refractivity contribution in [3.63, 3.8) is 0 Å². The van der Waals surface area contributed by atoms with E-state index in [1.165, 1.54) is 31.5 Å². The molecule has 1 fully saturated rings. The molecule has 1 aromatic rings. The third kappa shape index (κ3) is 3.99. The van der Waals surface area contributed by atoms with Crippen LogP contribution in [-0.4, -0.2) is 43.8 Å². The van der Waals surface area contributed by atoms with Gasteiger partial charge in [0.2, 0.25) is 0 Å². The lowest BCUT2D eigenvalue weighted by atomic mass is 9.92. The Hall–Kier alpha value is -1.68. The molecule has 0 bridgehead atoms. The van der Waals surface area contributed by atoms with Gasteiger partial charge in [-0.05, 0) is 50.6 Å². The van der Waals surface area contributed by atoms with Crippen LogP contribution in [0.5, 0.6) is 11.5 Å². The van der Waals surface area contributed by atoms with Crippen molar-refractivity contribution < 1.29 is 9.47 Å². The smallest absolute Gasteiger partial charge is 0.161 e. The number of hydrogen-bond donors (Lipinski definition) is 1. The molecule has 4 heteroatoms. The van der Waals surface area contributed by atoms with Gasteiger partial charge in [0, 0.05) is 24.2 Å². The molecule has 0 aliphatic carbocycles. The van der Waals surface area contributed by atoms with Gasteiger partial charge in [0.15, 0.2) is 11.5 Å². The number of nitrogens with zero attached hydrogens (tertiary/aromatic N) is 1. The number of likely N-dealkylation sites (tertiary alicyclic amines) is 1. The lowest BCUT2D eigenvalue weighted by molar-refractivity contribution is 0.171. The number of rotatable bonds is 6. The van der Waals surface area contributed by atoms with Gasteiger partial charge in [0.1, 0.15) is 13.2 Å². The maximum Gasteiger partial charge on any atom is 0.161 e. The highest BCUT2D eigenvalue weighted by Crippen LogP contribution is 2.34. The van der Waals surface area contributed by atoms with E-state index in [0.29, 0.717) is 25.2 Å². The predicted molar refractivity (Wildman–Crippen MR) is 93.3 cm³/mol. The zero-order valence-corrected chi connectivity index (χ0v) is 14.3. The van der Waals surface area contributed by atoms with Gasteiger partial charge in [0.05, 0.1) is 0 Å². The van der Waals surface area contributed by atoms with Crippen LogP contribution in [-0.2, 0) is 0 Å². The van der Waals surface area contributed by atoms with E-state index in [1.807, 2.05) is 13.0 Å². The van der Waals surface area contributed by atoms with Crippen molar-refractivity contribution in [2.24, 2.45) is 0 Å². The topological polar surface area (TPSA) is 33.7 Å². The van der Waals surface area contributed by atoms with Crippen LogP contribution >= 0.6 is 0 Å². The van der Waals surface area contributed by atoms with Crippen LogP contribution in [0.1, 0.15) is 38.2 Å². The SMILES string of the molecule is C=C(C)NC(CN1CCCC1)C(C)c1ccc2c(c1)OCCO2. The molecule has 4 nitrogen and oxygen atoms in total. The number of ether oxygens (including phenoxy) is 2. The van der Waals surface area contributed by atoms with E-state index in [9.17, 15) is 0 Å². The molecule has 0 amide bonds. The zero-order valence-electron chi connectivity index (χ0n) is 14.3. The van der Waals surface area contributed by atoms with Gasteiger partial charge >= 0.3 is 0 Å². The van der Waals surface area contributed by atoms with Gasteiger partial charge in [0.25, 0.3) is 0 Å². The average molecular weight is 316 g/mol. The Labute approximate surface area is 139 Å². The molecule has 23 heavy (non-hydrogen) atoms. The Morgan fingerprint density at radius 3 is 2.61 bits per heavy atom. The van der Waals surface area contributed by atoms with E-state index in [1.54, 1.807) is 0 Å². The molecule has 3 rings (SSSR count). The highest BCUT2D eigenvalue weighted by molar-refractivity contribution is 5.45. The van der Waals surface area contributed by atoms with Crippen LogP contribution < -0.4 is 14.8 Å². The van der Waals surface area contributed by atoms with Crippen LogP contribution in [0, 0.1) is 0 Å². The molecule has 2 unspecified atom stereocenters. The summed E-state index contributed by atoms with van der Waals surface area (Å²) in [6.07, 6.45) is 2.64. The van der Waals surface area contributed by atoms with Crippen molar-refractivity contribution in [3.8, 4) is 11.5 Å². The fourth-order valence-corrected chi connectivity index (χ4v) is 3.46. The predicted octanol–water partition coefficient (Wildman–Crippen LogP) is 3.15. The summed E-state index contributed by atoms with van der Waals surface area (Å²) in [4.78, 5) is 2.55. The van der Waals surface area contributed by atoms with E-state index >= 15 is 0 Å². The first-order valence-electron chi connectivity index (χ1n) is 8.67. The van der Waals surface area contributed by atoms with Crippen LogP contribution in [0.2, 0.25) is 0 Å². The average Bonchev–Trinajstić information content (AvgIpc) is 3.06. The highest BCUT2D eigenvalue weighted by atomic mass is 16.6. The zero-order chi connectivity index (χ0) is 16.2. The quantitative estimate of drug-likeness (QED) is 0.874. The van der Waals surface area contributed by atoms with Crippen molar-refractivity contribution in [1.29, 1.82) is 0 Å². The molecule has 2 aliphatic heterocycles. The van der Waals surface area contributed by atoms with Crippen LogP contribution in [0.15, 0.2) is 30.5 Å². The maximum atomic E-state index is 5.74. The number of allylic oxidation sites excluding steroid dienone is 1. The van der Waals surface area contributed by atoms with Crippen molar-refractivity contribution in [3.05, 3.63) is 36.0 Å². The second kappa shape index (κ2) is 7.26. The lowest BCUT2D eigenvalue weighted by Gasteiger charge is -2.31. The monoisotopic (exact) mass is 316 g/mol. The number of hydrogen-bond acceptors (Lipinski definition) is 4. The first-order chi connectivity index (χ1) is 11.1. The molecule has 1 saturated heterocycles. The lowest BCUT2D eigenvalue weighted by Crippen LogP contribution is -2.42. The van der Waals surface area contributed by atoms with E-state index < -0.39 is 0 Å². The molecule has 1 N–H and O–H groups in total. The van der Waals surface area contributed by atoms with Crippen LogP contribution in [0.3, 0.4) is 0 Å². The Bertz CT molecular complexity index is 552. The molecule has 126 valence electrons. The summed E-state index contributed by atoms with van der Waals surface area (Å²) in [5, 5.41) is 3.58. The van der Waals surface area contributed by atoms with Crippen molar-refractivity contribution >= 4 is 0 Å². The largest absolute Gasteiger partial charge is 0.486 e. The van der Waals surface area contributed by atoms with Gasteiger partial charge in [-0.2, -0.15) is 0 Å². The fraction of sp³-hybridized carbons (Fsp3) is 0.579. The maximum absolute atomic E-state index is 5.74. The Balaban J connectivity index is 1.75. The Morgan fingerprint density at radius 1 is 1.22 bits per heavy atom. The molecule has 0 aromatic heterocycles. The van der Waals surface area contributed by atoms with Crippen molar-refractivity contribution in [2.45, 2.75) is 38.6 Å². The minimum atomic E-state index is 0.355. The van der Waals surface area contributed by atoms with Crippen LogP contribution in [0.4, 0.5) is 0 Å². The van der Waals surface area contributed by atoms with E-state index in [2.05, 4.69) is 35.9 Å². The summed E-state index contributed by atoms with van der Waals surface area (Å²) in [6, 6.07) is 6.69. The Kier molecular flexibility index (Phi) is 5.11. The third-order valence-corrected chi connectivity index (χ3v) is 4.78. The molecular weight excluding hydrogens is 288 g/mol. The normalized spacial score (nSPS) is 20.1. The van der Waals surface area contributed by atoms with Gasteiger partial charge in [-0.15, -0.1) is 0 Å². The summed E-state index contributed by atoms with van der Waals surface area (Å²) in [5.74, 6) is 2.11. The molecule has 0 spiro atoms. The van der Waals surface area contributed by atoms with Crippen molar-refractivity contribution in [1.82, 2.24) is 10.2 Å². The Morgan fingerprint density at radius 2 is 1.91 bits per heavy atom. The second-order valence-corrected chi connectivity index (χ2v) is 6.73. The van der Waals surface area contributed by atoms with Gasteiger partial charge in [-0.25, -0.2) is 0 Å². The number of nitrogens with one attached hydrogen (secondary N) is 1. The molecule has 1 aromatic carbocycles. The first kappa shape index (κ1) is 16.2. The van der Waals surface area contributed by atoms with Crippen molar-refractivity contribution in [2.75, 3.05) is 32.8 Å². The molecule has 2 atom stereocenters. The van der Waals surface area contributed by atoms with E-state index in [-0.39, 0.29) is 0 Å². The van der Waals surface area contributed by atoms with E-state index in [4.69, 9.17) is 9.47 Å². The summed E-state index contributed by atoms with van der Waals surface area (Å²) in [5.41, 5.74) is 2.31. The standard InChI is InChI=1S/C19H28N2O2/c1-14(2)20-17(13-21-8-4-5-9-21)15(3)16-6-7-18-19(12-16)23-11-10-22-18/h6-7,12,15,17,20H,1,4-5,8-11,13H2,2-3H3. The molecule has 2 heterocycles. The van der Waals surface area contributed by atoms with Gasteiger partial charge in [-0.3, -0.25) is 0 Å². The summed E-state index contributed by atoms with van der Waals surface area (Å²) < 4.78 is 11.4. The third-order valence-electron chi connectivity index (χ3n) is 4.78. The van der Waals surface area contributed by atoms with Gasteiger partial charge in [-0.1, -0.05) is 19.6 Å². The minimum absolute atomic E-state index is 0.355. The second-order valence-electron chi connectivity index (χ2n) is 6.73. The molecular formula is C19H28N2O2. The summed E-state index contributed by atoms with van der Waals surface area (Å²) in [7, 11) is 0. The highest BCUT2D eigenvalue weighted by Gasteiger charge is 2.24. The summed E-state index contributed by atoms with van der Waals surface area (Å²) >= 11 is 0. The summed E-state index contributed by atoms with van der Waals surface area (Å²) in [6.45, 7) is 13.1. The minimum Gasteiger partial charge on any atom is -0.486 e. The first-order valence-corrected chi connectivity index (χ1v) is 8.67. The van der Waals surface area contributed by atoms with Crippen LogP contribution in [0.25, 0.3) is 0 Å². The number of benzene rings is 1. The van der Waals surface area contributed by atoms with Gasteiger partial charge < -0.3 is 19.7 Å². The molecule has 2 aliphatic rings. The molecule has 0 radical (unpaired) electrons. The number of fused-ring (bicyclic) bond motifs is 1. The van der Waals surface area contributed by atoms with E-state index in [0.717, 1.165) is 23.7 Å². The molecule has 0 saturated carbocycles.